The number of hydrogen-bond donors (Lipinski definition) is 0. The van der Waals surface area contributed by atoms with Crippen LogP contribution in [0.4, 0.5) is 13.2 Å². The average Bonchev–Trinajstić information content (AvgIpc) is 2.77. The highest BCUT2D eigenvalue weighted by Gasteiger charge is 2.17. The largest absolute Gasteiger partial charge is 0.459 e. The molecule has 0 radical (unpaired) electrons. The number of carbonyl (C=O) groups is 2. The minimum Gasteiger partial charge on any atom is -0.459 e. The molecule has 0 aliphatic carbocycles. The van der Waals surface area contributed by atoms with Crippen LogP contribution in [-0.4, -0.2) is 11.9 Å². The molecule has 0 aromatic heterocycles. The molecule has 0 spiro atoms. The maximum absolute atomic E-state index is 14.5. The van der Waals surface area contributed by atoms with Crippen LogP contribution in [0.2, 0.25) is 0 Å². The summed E-state index contributed by atoms with van der Waals surface area (Å²) in [4.78, 5) is 22.5. The lowest BCUT2D eigenvalue weighted by Gasteiger charge is -2.09. The second kappa shape index (κ2) is 11.4. The van der Waals surface area contributed by atoms with Gasteiger partial charge in [-0.2, -0.15) is 4.39 Å². The molecular weight excluding hydrogens is 441 g/mol. The van der Waals surface area contributed by atoms with Gasteiger partial charge in [0.2, 0.25) is 5.82 Å². The molecule has 0 amide bonds. The Balaban J connectivity index is 2.11. The molecule has 0 heterocycles. The number of ether oxygens (including phenoxy) is 4. The Morgan fingerprint density at radius 1 is 0.758 bits per heavy atom. The molecule has 0 saturated heterocycles. The standard InChI is InChI=1S/C24H19F3O6/c1-14(2)23(28)32-11-9-30-19-7-5-16(13-18(19)25)17-6-8-20(22(27)21(17)26)31-10-12-33-24(29)15(3)4/h5-13H,1,3H2,2,4H3. The second-order valence-electron chi connectivity index (χ2n) is 6.54. The summed E-state index contributed by atoms with van der Waals surface area (Å²) < 4.78 is 62.4. The van der Waals surface area contributed by atoms with Crippen molar-refractivity contribution in [3.63, 3.8) is 0 Å². The smallest absolute Gasteiger partial charge is 0.338 e. The quantitative estimate of drug-likeness (QED) is 0.271. The summed E-state index contributed by atoms with van der Waals surface area (Å²) in [7, 11) is 0. The second-order valence-corrected chi connectivity index (χ2v) is 6.54. The van der Waals surface area contributed by atoms with Gasteiger partial charge in [-0.15, -0.1) is 0 Å². The highest BCUT2D eigenvalue weighted by Crippen LogP contribution is 2.32. The number of benzene rings is 2. The molecule has 0 aliphatic rings. The topological polar surface area (TPSA) is 71.1 Å². The van der Waals surface area contributed by atoms with E-state index in [4.69, 9.17) is 9.47 Å². The van der Waals surface area contributed by atoms with Gasteiger partial charge in [0.15, 0.2) is 23.1 Å². The van der Waals surface area contributed by atoms with E-state index in [1.165, 1.54) is 32.0 Å². The molecular formula is C24H19F3O6. The molecule has 0 atom stereocenters. The van der Waals surface area contributed by atoms with Crippen molar-refractivity contribution in [3.8, 4) is 22.6 Å². The van der Waals surface area contributed by atoms with Crippen molar-refractivity contribution in [2.45, 2.75) is 13.8 Å². The van der Waals surface area contributed by atoms with E-state index >= 15 is 0 Å². The SMILES string of the molecule is C=C(C)C(=O)OC=COc1ccc(-c2ccc(OC=COC(=O)C(=C)C)c(F)c2F)cc1F. The van der Waals surface area contributed by atoms with E-state index < -0.39 is 35.1 Å². The summed E-state index contributed by atoms with van der Waals surface area (Å²) in [5.41, 5.74) is 0.121. The first-order valence-electron chi connectivity index (χ1n) is 9.26. The molecule has 9 heteroatoms. The number of esters is 2. The van der Waals surface area contributed by atoms with Gasteiger partial charge in [-0.1, -0.05) is 19.2 Å². The summed E-state index contributed by atoms with van der Waals surface area (Å²) in [6.07, 6.45) is 3.55. The first kappa shape index (κ1) is 25.0. The minimum atomic E-state index is -1.33. The Morgan fingerprint density at radius 2 is 1.27 bits per heavy atom. The maximum atomic E-state index is 14.5. The normalized spacial score (nSPS) is 10.8. The van der Waals surface area contributed by atoms with E-state index in [9.17, 15) is 22.8 Å². The molecule has 2 rings (SSSR count). The Labute approximate surface area is 187 Å². The zero-order valence-corrected chi connectivity index (χ0v) is 17.7. The van der Waals surface area contributed by atoms with Crippen molar-refractivity contribution in [1.82, 2.24) is 0 Å². The van der Waals surface area contributed by atoms with Crippen LogP contribution < -0.4 is 9.47 Å². The number of hydrogen-bond acceptors (Lipinski definition) is 6. The van der Waals surface area contributed by atoms with Crippen LogP contribution in [0.25, 0.3) is 11.1 Å². The van der Waals surface area contributed by atoms with E-state index in [1.807, 2.05) is 0 Å². The Kier molecular flexibility index (Phi) is 8.62. The van der Waals surface area contributed by atoms with Crippen molar-refractivity contribution in [2.75, 3.05) is 0 Å². The third-order valence-corrected chi connectivity index (χ3v) is 3.84. The van der Waals surface area contributed by atoms with Crippen LogP contribution in [0.15, 0.2) is 79.7 Å². The lowest BCUT2D eigenvalue weighted by atomic mass is 10.0. The fraction of sp³-hybridized carbons (Fsp3) is 0.0833. The zero-order chi connectivity index (χ0) is 24.5. The van der Waals surface area contributed by atoms with Gasteiger partial charge < -0.3 is 18.9 Å². The van der Waals surface area contributed by atoms with Gasteiger partial charge in [-0.25, -0.2) is 18.4 Å². The van der Waals surface area contributed by atoms with Gasteiger partial charge in [-0.3, -0.25) is 0 Å². The van der Waals surface area contributed by atoms with Gasteiger partial charge in [0.05, 0.1) is 0 Å². The van der Waals surface area contributed by atoms with Gasteiger partial charge in [0, 0.05) is 16.7 Å². The Hall–Kier alpha value is -4.27. The van der Waals surface area contributed by atoms with Crippen LogP contribution in [0.5, 0.6) is 11.5 Å². The monoisotopic (exact) mass is 460 g/mol. The van der Waals surface area contributed by atoms with E-state index in [2.05, 4.69) is 22.6 Å². The Bertz CT molecular complexity index is 1150. The van der Waals surface area contributed by atoms with Crippen molar-refractivity contribution >= 4 is 11.9 Å². The number of carbonyl (C=O) groups excluding carboxylic acids is 2. The molecule has 0 unspecified atom stereocenters. The van der Waals surface area contributed by atoms with Crippen molar-refractivity contribution in [1.29, 1.82) is 0 Å². The summed E-state index contributed by atoms with van der Waals surface area (Å²) in [5.74, 6) is -5.59. The van der Waals surface area contributed by atoms with Crippen molar-refractivity contribution in [3.05, 3.63) is 97.1 Å². The Morgan fingerprint density at radius 3 is 1.79 bits per heavy atom. The van der Waals surface area contributed by atoms with Crippen molar-refractivity contribution in [2.24, 2.45) is 0 Å². The predicted octanol–water partition coefficient (Wildman–Crippen LogP) is 5.71. The average molecular weight is 460 g/mol. The zero-order valence-electron chi connectivity index (χ0n) is 17.7. The third kappa shape index (κ3) is 6.86. The molecule has 0 bridgehead atoms. The summed E-state index contributed by atoms with van der Waals surface area (Å²) >= 11 is 0. The maximum Gasteiger partial charge on any atom is 0.338 e. The van der Waals surface area contributed by atoms with E-state index in [0.717, 1.165) is 37.2 Å². The molecule has 6 nitrogen and oxygen atoms in total. The third-order valence-electron chi connectivity index (χ3n) is 3.84. The summed E-state index contributed by atoms with van der Waals surface area (Å²) in [5, 5.41) is 0. The number of halogens is 3. The highest BCUT2D eigenvalue weighted by atomic mass is 19.2. The lowest BCUT2D eigenvalue weighted by Crippen LogP contribution is -2.00. The van der Waals surface area contributed by atoms with Crippen LogP contribution >= 0.6 is 0 Å². The molecule has 0 aliphatic heterocycles. The lowest BCUT2D eigenvalue weighted by molar-refractivity contribution is -0.134. The van der Waals surface area contributed by atoms with Gasteiger partial charge in [-0.05, 0) is 43.7 Å². The molecule has 2 aromatic carbocycles. The predicted molar refractivity (Wildman–Crippen MR) is 113 cm³/mol. The first-order valence-corrected chi connectivity index (χ1v) is 9.26. The number of rotatable bonds is 9. The van der Waals surface area contributed by atoms with Gasteiger partial charge in [0.25, 0.3) is 0 Å². The van der Waals surface area contributed by atoms with Crippen LogP contribution in [0, 0.1) is 17.5 Å². The van der Waals surface area contributed by atoms with Gasteiger partial charge in [0.1, 0.15) is 25.0 Å². The highest BCUT2D eigenvalue weighted by molar-refractivity contribution is 5.87. The van der Waals surface area contributed by atoms with Gasteiger partial charge >= 0.3 is 11.9 Å². The fourth-order valence-electron chi connectivity index (χ4n) is 2.19. The first-order chi connectivity index (χ1) is 15.6. The fourth-order valence-corrected chi connectivity index (χ4v) is 2.19. The molecule has 33 heavy (non-hydrogen) atoms. The minimum absolute atomic E-state index is 0.0337. The molecule has 0 N–H and O–H groups in total. The van der Waals surface area contributed by atoms with E-state index in [1.54, 1.807) is 0 Å². The van der Waals surface area contributed by atoms with Crippen LogP contribution in [0.3, 0.4) is 0 Å². The van der Waals surface area contributed by atoms with Crippen LogP contribution in [-0.2, 0) is 19.1 Å². The summed E-state index contributed by atoms with van der Waals surface area (Å²) in [6, 6.07) is 5.75. The molecule has 2 aromatic rings. The van der Waals surface area contributed by atoms with Crippen LogP contribution in [0.1, 0.15) is 13.8 Å². The van der Waals surface area contributed by atoms with Crippen molar-refractivity contribution < 1.29 is 41.7 Å². The molecule has 0 fully saturated rings. The molecule has 0 saturated carbocycles. The van der Waals surface area contributed by atoms with E-state index in [-0.39, 0.29) is 28.0 Å². The van der Waals surface area contributed by atoms with E-state index in [0.29, 0.717) is 0 Å². The summed E-state index contributed by atoms with van der Waals surface area (Å²) in [6.45, 7) is 9.66. The molecule has 172 valence electrons.